The second kappa shape index (κ2) is 5.84. The first-order valence-corrected chi connectivity index (χ1v) is 11.4. The number of rotatable bonds is 3. The number of halogens is 2. The minimum Gasteiger partial charge on any atom is -0.411 e. The molecule has 0 aromatic heterocycles. The molecular weight excluding hydrogens is 364 g/mol. The Balaban J connectivity index is 2.60. The van der Waals surface area contributed by atoms with Crippen LogP contribution in [0.25, 0.3) is 5.57 Å². The minimum atomic E-state index is -1.18. The maximum Gasteiger partial charge on any atom is 0.172 e. The van der Waals surface area contributed by atoms with E-state index in [2.05, 4.69) is 62.8 Å². The summed E-state index contributed by atoms with van der Waals surface area (Å²) in [5.74, 6) is 0. The predicted molar refractivity (Wildman–Crippen MR) is 98.7 cm³/mol. The van der Waals surface area contributed by atoms with Crippen molar-refractivity contribution in [1.29, 1.82) is 0 Å². The van der Waals surface area contributed by atoms with Crippen LogP contribution in [-0.2, 0) is 10.8 Å². The van der Waals surface area contributed by atoms with E-state index in [-0.39, 0.29) is 11.0 Å². The van der Waals surface area contributed by atoms with E-state index in [4.69, 9.17) is 16.0 Å². The summed E-state index contributed by atoms with van der Waals surface area (Å²) in [6, 6.07) is 4.00. The summed E-state index contributed by atoms with van der Waals surface area (Å²) >= 11 is 10.1. The summed E-state index contributed by atoms with van der Waals surface area (Å²) in [6.07, 6.45) is 3.18. The maximum absolute atomic E-state index is 6.54. The van der Waals surface area contributed by atoms with Crippen LogP contribution in [-0.4, -0.2) is 14.6 Å². The van der Waals surface area contributed by atoms with Gasteiger partial charge < -0.3 is 4.43 Å². The highest BCUT2D eigenvalue weighted by Crippen LogP contribution is 2.50. The van der Waals surface area contributed by atoms with E-state index in [1.54, 1.807) is 0 Å². The van der Waals surface area contributed by atoms with Gasteiger partial charge in [0.25, 0.3) is 0 Å². The zero-order valence-electron chi connectivity index (χ0n) is 13.7. The molecule has 116 valence electrons. The second-order valence-electron chi connectivity index (χ2n) is 7.15. The quantitative estimate of drug-likeness (QED) is 0.591. The molecule has 1 atom stereocenters. The van der Waals surface area contributed by atoms with Gasteiger partial charge in [-0.2, -0.15) is 0 Å². The molecule has 0 N–H and O–H groups in total. The van der Waals surface area contributed by atoms with E-state index in [1.807, 2.05) is 12.1 Å². The SMILES string of the molecule is C[SiH](C)OC(C)(C1=CCc2c(Cl)ccc(Br)c21)C(C)(C)C. The highest BCUT2D eigenvalue weighted by Gasteiger charge is 2.45. The summed E-state index contributed by atoms with van der Waals surface area (Å²) in [5, 5.41) is 0.845. The number of benzene rings is 1. The van der Waals surface area contributed by atoms with Crippen molar-refractivity contribution in [2.75, 3.05) is 0 Å². The lowest BCUT2D eigenvalue weighted by molar-refractivity contribution is 0.0369. The first-order chi connectivity index (χ1) is 9.58. The average molecular weight is 388 g/mol. The van der Waals surface area contributed by atoms with E-state index in [0.717, 1.165) is 15.9 Å². The summed E-state index contributed by atoms with van der Waals surface area (Å²) in [4.78, 5) is 0. The first kappa shape index (κ1) is 17.3. The predicted octanol–water partition coefficient (Wildman–Crippen LogP) is 5.85. The van der Waals surface area contributed by atoms with Crippen molar-refractivity contribution in [1.82, 2.24) is 0 Å². The maximum atomic E-state index is 6.54. The second-order valence-corrected chi connectivity index (χ2v) is 10.7. The normalized spacial score (nSPS) is 17.7. The van der Waals surface area contributed by atoms with E-state index >= 15 is 0 Å². The monoisotopic (exact) mass is 386 g/mol. The molecule has 1 aromatic carbocycles. The largest absolute Gasteiger partial charge is 0.411 e. The molecule has 0 radical (unpaired) electrons. The molecule has 2 rings (SSSR count). The van der Waals surface area contributed by atoms with Crippen molar-refractivity contribution in [2.45, 2.75) is 52.8 Å². The molecule has 0 aliphatic heterocycles. The van der Waals surface area contributed by atoms with E-state index in [1.165, 1.54) is 16.7 Å². The molecule has 0 saturated carbocycles. The molecule has 0 fully saturated rings. The number of fused-ring (bicyclic) bond motifs is 1. The third-order valence-corrected chi connectivity index (χ3v) is 6.36. The van der Waals surface area contributed by atoms with Gasteiger partial charge in [0.15, 0.2) is 9.04 Å². The molecular formula is C17H24BrClOSi. The van der Waals surface area contributed by atoms with Gasteiger partial charge in [-0.1, -0.05) is 54.4 Å². The molecule has 4 heteroatoms. The van der Waals surface area contributed by atoms with Crippen molar-refractivity contribution in [2.24, 2.45) is 5.41 Å². The Morgan fingerprint density at radius 1 is 1.19 bits per heavy atom. The van der Waals surface area contributed by atoms with Gasteiger partial charge in [0.1, 0.15) is 0 Å². The summed E-state index contributed by atoms with van der Waals surface area (Å²) in [6.45, 7) is 13.4. The van der Waals surface area contributed by atoms with E-state index in [9.17, 15) is 0 Å². The Kier molecular flexibility index (Phi) is 4.80. The van der Waals surface area contributed by atoms with Gasteiger partial charge in [0, 0.05) is 9.50 Å². The molecule has 1 aromatic rings. The average Bonchev–Trinajstić information content (AvgIpc) is 2.77. The van der Waals surface area contributed by atoms with Gasteiger partial charge in [0.05, 0.1) is 5.60 Å². The topological polar surface area (TPSA) is 9.23 Å². The lowest BCUT2D eigenvalue weighted by Crippen LogP contribution is -2.46. The Labute approximate surface area is 143 Å². The number of hydrogen-bond donors (Lipinski definition) is 0. The standard InChI is InChI=1S/C17H24BrClOSi/c1-16(2,3)17(4,20-21(5)6)12-8-7-11-14(19)10-9-13(18)15(11)12/h8-10,21H,7H2,1-6H3. The highest BCUT2D eigenvalue weighted by atomic mass is 79.9. The lowest BCUT2D eigenvalue weighted by atomic mass is 9.72. The smallest absolute Gasteiger partial charge is 0.172 e. The molecule has 0 bridgehead atoms. The molecule has 0 saturated heterocycles. The fourth-order valence-electron chi connectivity index (χ4n) is 2.94. The van der Waals surface area contributed by atoms with Crippen LogP contribution >= 0.6 is 27.5 Å². The van der Waals surface area contributed by atoms with Crippen LogP contribution in [0.4, 0.5) is 0 Å². The lowest BCUT2D eigenvalue weighted by Gasteiger charge is -2.45. The van der Waals surface area contributed by atoms with Crippen molar-refractivity contribution in [3.8, 4) is 0 Å². The highest BCUT2D eigenvalue weighted by molar-refractivity contribution is 9.10. The first-order valence-electron chi connectivity index (χ1n) is 7.43. The Bertz CT molecular complexity index is 589. The molecule has 1 aliphatic rings. The van der Waals surface area contributed by atoms with Crippen LogP contribution < -0.4 is 0 Å². The molecule has 0 spiro atoms. The van der Waals surface area contributed by atoms with Crippen LogP contribution in [0.5, 0.6) is 0 Å². The molecule has 1 aliphatic carbocycles. The number of hydrogen-bond acceptors (Lipinski definition) is 1. The molecule has 1 unspecified atom stereocenters. The van der Waals surface area contributed by atoms with Gasteiger partial charge in [-0.15, -0.1) is 0 Å². The van der Waals surface area contributed by atoms with Gasteiger partial charge in [-0.05, 0) is 60.7 Å². The van der Waals surface area contributed by atoms with Crippen LogP contribution in [0.1, 0.15) is 38.8 Å². The summed E-state index contributed by atoms with van der Waals surface area (Å²) < 4.78 is 7.65. The Hall–Kier alpha value is -0.0931. The molecule has 21 heavy (non-hydrogen) atoms. The van der Waals surface area contributed by atoms with Crippen molar-refractivity contribution >= 4 is 42.1 Å². The summed E-state index contributed by atoms with van der Waals surface area (Å²) in [5.41, 5.74) is 3.44. The zero-order chi connectivity index (χ0) is 16.0. The fraction of sp³-hybridized carbons (Fsp3) is 0.529. The number of allylic oxidation sites excluding steroid dienone is 1. The third kappa shape index (κ3) is 3.03. The van der Waals surface area contributed by atoms with E-state index < -0.39 is 9.04 Å². The van der Waals surface area contributed by atoms with E-state index in [0.29, 0.717) is 0 Å². The van der Waals surface area contributed by atoms with Crippen LogP contribution in [0.15, 0.2) is 22.7 Å². The third-order valence-electron chi connectivity index (χ3n) is 4.40. The Morgan fingerprint density at radius 3 is 2.33 bits per heavy atom. The summed E-state index contributed by atoms with van der Waals surface area (Å²) in [7, 11) is -1.18. The molecule has 0 amide bonds. The van der Waals surface area contributed by atoms with Gasteiger partial charge >= 0.3 is 0 Å². The van der Waals surface area contributed by atoms with Gasteiger partial charge in [0.2, 0.25) is 0 Å². The van der Waals surface area contributed by atoms with Crippen LogP contribution in [0, 0.1) is 5.41 Å². The van der Waals surface area contributed by atoms with Crippen molar-refractivity contribution in [3.63, 3.8) is 0 Å². The molecule has 0 heterocycles. The van der Waals surface area contributed by atoms with Crippen LogP contribution in [0.2, 0.25) is 18.1 Å². The van der Waals surface area contributed by atoms with Crippen molar-refractivity contribution in [3.05, 3.63) is 38.8 Å². The Morgan fingerprint density at radius 2 is 1.81 bits per heavy atom. The van der Waals surface area contributed by atoms with Crippen LogP contribution in [0.3, 0.4) is 0 Å². The molecule has 1 nitrogen and oxygen atoms in total. The fourth-order valence-corrected chi connectivity index (χ4v) is 5.18. The van der Waals surface area contributed by atoms with Gasteiger partial charge in [-0.3, -0.25) is 0 Å². The van der Waals surface area contributed by atoms with Gasteiger partial charge in [-0.25, -0.2) is 0 Å². The zero-order valence-corrected chi connectivity index (χ0v) is 17.2. The minimum absolute atomic E-state index is 0.0134. The van der Waals surface area contributed by atoms with Crippen molar-refractivity contribution < 1.29 is 4.43 Å².